The van der Waals surface area contributed by atoms with Gasteiger partial charge in [-0.2, -0.15) is 0 Å². The van der Waals surface area contributed by atoms with Crippen molar-refractivity contribution in [3.63, 3.8) is 0 Å². The number of aliphatic hydroxyl groups is 1. The van der Waals surface area contributed by atoms with E-state index in [0.717, 1.165) is 24.2 Å². The van der Waals surface area contributed by atoms with Crippen LogP contribution in [-0.4, -0.2) is 25.9 Å². The van der Waals surface area contributed by atoms with Crippen molar-refractivity contribution in [3.05, 3.63) is 54.1 Å². The Morgan fingerprint density at radius 1 is 0.870 bits per heavy atom. The molecule has 2 aromatic carbocycles. The van der Waals surface area contributed by atoms with Gasteiger partial charge in [0.15, 0.2) is 0 Å². The van der Waals surface area contributed by atoms with E-state index in [1.165, 1.54) is 0 Å². The molecule has 0 saturated heterocycles. The Balaban J connectivity index is 1.77. The van der Waals surface area contributed by atoms with Crippen LogP contribution in [-0.2, 0) is 0 Å². The van der Waals surface area contributed by atoms with Gasteiger partial charge in [0.25, 0.3) is 0 Å². The average molecular weight is 316 g/mol. The minimum Gasteiger partial charge on any atom is -0.497 e. The predicted molar refractivity (Wildman–Crippen MR) is 90.3 cm³/mol. The van der Waals surface area contributed by atoms with Gasteiger partial charge in [-0.05, 0) is 49.1 Å². The Morgan fingerprint density at radius 3 is 2.13 bits per heavy atom. The maximum absolute atomic E-state index is 10.3. The van der Waals surface area contributed by atoms with Crippen molar-refractivity contribution >= 4 is 0 Å². The van der Waals surface area contributed by atoms with Crippen LogP contribution in [0.15, 0.2) is 48.5 Å². The van der Waals surface area contributed by atoms with Crippen molar-refractivity contribution in [3.8, 4) is 17.2 Å². The van der Waals surface area contributed by atoms with E-state index in [2.05, 4.69) is 0 Å². The molecule has 23 heavy (non-hydrogen) atoms. The molecule has 0 bridgehead atoms. The van der Waals surface area contributed by atoms with Gasteiger partial charge in [-0.15, -0.1) is 0 Å². The van der Waals surface area contributed by atoms with Gasteiger partial charge in [-0.1, -0.05) is 18.2 Å². The molecule has 0 fully saturated rings. The van der Waals surface area contributed by atoms with E-state index in [-0.39, 0.29) is 0 Å². The van der Waals surface area contributed by atoms with Crippen molar-refractivity contribution in [2.75, 3.05) is 20.8 Å². The largest absolute Gasteiger partial charge is 0.497 e. The second kappa shape index (κ2) is 9.06. The first kappa shape index (κ1) is 17.2. The number of benzene rings is 2. The maximum atomic E-state index is 10.3. The number of hydrogen-bond donors (Lipinski definition) is 1. The molecule has 0 spiro atoms. The summed E-state index contributed by atoms with van der Waals surface area (Å²) in [5.74, 6) is 2.25. The van der Waals surface area contributed by atoms with Gasteiger partial charge in [0.05, 0.1) is 26.9 Å². The zero-order valence-electron chi connectivity index (χ0n) is 13.7. The van der Waals surface area contributed by atoms with Crippen LogP contribution < -0.4 is 14.2 Å². The van der Waals surface area contributed by atoms with Crippen molar-refractivity contribution in [1.29, 1.82) is 0 Å². The summed E-state index contributed by atoms with van der Waals surface area (Å²) in [6, 6.07) is 15.2. The highest BCUT2D eigenvalue weighted by Crippen LogP contribution is 2.28. The lowest BCUT2D eigenvalue weighted by atomic mass is 10.0. The first-order chi connectivity index (χ1) is 11.2. The molecule has 4 heteroatoms. The Bertz CT molecular complexity index is 561. The molecule has 1 N–H and O–H groups in total. The SMILES string of the molecule is COc1cc(OC)cc([C@H](O)CCCCOc2ccccc2)c1. The summed E-state index contributed by atoms with van der Waals surface area (Å²) in [5.41, 5.74) is 0.810. The fourth-order valence-corrected chi connectivity index (χ4v) is 2.33. The van der Waals surface area contributed by atoms with Crippen LogP contribution in [0, 0.1) is 0 Å². The van der Waals surface area contributed by atoms with Gasteiger partial charge in [-0.25, -0.2) is 0 Å². The van der Waals surface area contributed by atoms with E-state index in [4.69, 9.17) is 14.2 Å². The molecular formula is C19H24O4. The quantitative estimate of drug-likeness (QED) is 0.711. The minimum atomic E-state index is -0.532. The average Bonchev–Trinajstić information content (AvgIpc) is 2.61. The third kappa shape index (κ3) is 5.49. The number of ether oxygens (including phenoxy) is 3. The molecule has 1 atom stereocenters. The summed E-state index contributed by atoms with van der Waals surface area (Å²) in [6.07, 6.45) is 1.92. The van der Waals surface area contributed by atoms with E-state index >= 15 is 0 Å². The van der Waals surface area contributed by atoms with E-state index in [1.54, 1.807) is 20.3 Å². The van der Waals surface area contributed by atoms with Gasteiger partial charge >= 0.3 is 0 Å². The second-order valence-corrected chi connectivity index (χ2v) is 5.32. The maximum Gasteiger partial charge on any atom is 0.122 e. The summed E-state index contributed by atoms with van der Waals surface area (Å²) < 4.78 is 16.1. The van der Waals surface area contributed by atoms with Crippen LogP contribution in [0.25, 0.3) is 0 Å². The highest BCUT2D eigenvalue weighted by Gasteiger charge is 2.11. The fraction of sp³-hybridized carbons (Fsp3) is 0.368. The molecule has 2 aromatic rings. The van der Waals surface area contributed by atoms with E-state index in [1.807, 2.05) is 42.5 Å². The molecule has 0 heterocycles. The van der Waals surface area contributed by atoms with Gasteiger partial charge < -0.3 is 19.3 Å². The molecule has 0 saturated carbocycles. The Kier molecular flexibility index (Phi) is 6.76. The molecule has 0 radical (unpaired) electrons. The zero-order valence-corrected chi connectivity index (χ0v) is 13.7. The first-order valence-electron chi connectivity index (χ1n) is 7.82. The molecule has 0 aliphatic heterocycles. The van der Waals surface area contributed by atoms with Crippen molar-refractivity contribution in [2.45, 2.75) is 25.4 Å². The molecule has 0 aromatic heterocycles. The highest BCUT2D eigenvalue weighted by atomic mass is 16.5. The van der Waals surface area contributed by atoms with E-state index < -0.39 is 6.10 Å². The Morgan fingerprint density at radius 2 is 1.52 bits per heavy atom. The van der Waals surface area contributed by atoms with Crippen molar-refractivity contribution < 1.29 is 19.3 Å². The van der Waals surface area contributed by atoms with Crippen LogP contribution in [0.3, 0.4) is 0 Å². The topological polar surface area (TPSA) is 47.9 Å². The molecule has 0 amide bonds. The minimum absolute atomic E-state index is 0.532. The van der Waals surface area contributed by atoms with Crippen molar-refractivity contribution in [2.24, 2.45) is 0 Å². The molecule has 0 aliphatic rings. The number of hydrogen-bond acceptors (Lipinski definition) is 4. The molecule has 0 unspecified atom stereocenters. The van der Waals surface area contributed by atoms with Gasteiger partial charge in [0.2, 0.25) is 0 Å². The Labute approximate surface area is 137 Å². The third-order valence-corrected chi connectivity index (χ3v) is 3.64. The van der Waals surface area contributed by atoms with Gasteiger partial charge in [-0.3, -0.25) is 0 Å². The molecule has 124 valence electrons. The summed E-state index contributed by atoms with van der Waals surface area (Å²) in [6.45, 7) is 0.651. The summed E-state index contributed by atoms with van der Waals surface area (Å²) in [4.78, 5) is 0. The smallest absolute Gasteiger partial charge is 0.122 e. The second-order valence-electron chi connectivity index (χ2n) is 5.32. The lowest BCUT2D eigenvalue weighted by molar-refractivity contribution is 0.160. The standard InChI is InChI=1S/C19H24O4/c1-21-17-12-15(13-18(14-17)22-2)19(20)10-6-7-11-23-16-8-4-3-5-9-16/h3-5,8-9,12-14,19-20H,6-7,10-11H2,1-2H3/t19-/m1/s1. The molecular weight excluding hydrogens is 292 g/mol. The summed E-state index contributed by atoms with van der Waals surface area (Å²) >= 11 is 0. The van der Waals surface area contributed by atoms with Crippen LogP contribution in [0.4, 0.5) is 0 Å². The predicted octanol–water partition coefficient (Wildman–Crippen LogP) is 3.99. The number of aliphatic hydroxyl groups excluding tert-OH is 1. The van der Waals surface area contributed by atoms with Gasteiger partial charge in [0.1, 0.15) is 17.2 Å². The van der Waals surface area contributed by atoms with Crippen LogP contribution >= 0.6 is 0 Å². The van der Waals surface area contributed by atoms with Crippen LogP contribution in [0.2, 0.25) is 0 Å². The van der Waals surface area contributed by atoms with E-state index in [0.29, 0.717) is 24.5 Å². The normalized spacial score (nSPS) is 11.8. The summed E-state index contributed by atoms with van der Waals surface area (Å²) in [7, 11) is 3.21. The lowest BCUT2D eigenvalue weighted by Crippen LogP contribution is -2.02. The first-order valence-corrected chi connectivity index (χ1v) is 7.82. The molecule has 4 nitrogen and oxygen atoms in total. The number of unbranched alkanes of at least 4 members (excludes halogenated alkanes) is 1. The molecule has 0 aliphatic carbocycles. The lowest BCUT2D eigenvalue weighted by Gasteiger charge is -2.14. The van der Waals surface area contributed by atoms with Crippen LogP contribution in [0.1, 0.15) is 30.9 Å². The third-order valence-electron chi connectivity index (χ3n) is 3.64. The zero-order chi connectivity index (χ0) is 16.5. The number of para-hydroxylation sites is 1. The van der Waals surface area contributed by atoms with Crippen molar-refractivity contribution in [1.82, 2.24) is 0 Å². The summed E-state index contributed by atoms with van der Waals surface area (Å²) in [5, 5.41) is 10.3. The van der Waals surface area contributed by atoms with Crippen LogP contribution in [0.5, 0.6) is 17.2 Å². The monoisotopic (exact) mass is 316 g/mol. The fourth-order valence-electron chi connectivity index (χ4n) is 2.33. The number of methoxy groups -OCH3 is 2. The van der Waals surface area contributed by atoms with E-state index in [9.17, 15) is 5.11 Å². The highest BCUT2D eigenvalue weighted by molar-refractivity contribution is 5.39. The van der Waals surface area contributed by atoms with Gasteiger partial charge in [0, 0.05) is 6.07 Å². The molecule has 2 rings (SSSR count). The Hall–Kier alpha value is -2.20. The number of rotatable bonds is 9.